The molecule has 1 aliphatic rings. The van der Waals surface area contributed by atoms with Gasteiger partial charge < -0.3 is 0 Å². The summed E-state index contributed by atoms with van der Waals surface area (Å²) in [6.07, 6.45) is 1.84. The molecule has 0 aliphatic carbocycles. The van der Waals surface area contributed by atoms with Crippen molar-refractivity contribution in [2.45, 2.75) is 0 Å². The summed E-state index contributed by atoms with van der Waals surface area (Å²) in [5.74, 6) is -0.164. The van der Waals surface area contributed by atoms with Crippen molar-refractivity contribution in [2.24, 2.45) is 0 Å². The molecule has 7 heteroatoms. The van der Waals surface area contributed by atoms with Crippen LogP contribution in [0.1, 0.15) is 4.88 Å². The van der Waals surface area contributed by atoms with Gasteiger partial charge in [0, 0.05) is 9.90 Å². The molecule has 1 aromatic heterocycles. The second-order valence-electron chi connectivity index (χ2n) is 4.13. The number of anilines is 1. The molecular weight excluding hydrogens is 365 g/mol. The van der Waals surface area contributed by atoms with Crippen molar-refractivity contribution in [1.29, 1.82) is 0 Å². The van der Waals surface area contributed by atoms with E-state index in [2.05, 4.69) is 0 Å². The van der Waals surface area contributed by atoms with E-state index in [4.69, 9.17) is 35.4 Å². The fraction of sp³-hybridized carbons (Fsp3) is 0. The molecule has 0 bridgehead atoms. The smallest absolute Gasteiger partial charge is 0.268 e. The van der Waals surface area contributed by atoms with E-state index >= 15 is 0 Å². The van der Waals surface area contributed by atoms with Crippen molar-refractivity contribution in [2.75, 3.05) is 4.90 Å². The number of benzene rings is 1. The van der Waals surface area contributed by atoms with Crippen LogP contribution >= 0.6 is 58.5 Å². The first kappa shape index (κ1) is 15.1. The normalized spacial score (nSPS) is 17.0. The van der Waals surface area contributed by atoms with Crippen molar-refractivity contribution in [3.05, 3.63) is 55.5 Å². The lowest BCUT2D eigenvalue weighted by Gasteiger charge is -2.16. The maximum atomic E-state index is 12.5. The summed E-state index contributed by atoms with van der Waals surface area (Å²) < 4.78 is 0.465. The molecule has 0 atom stereocenters. The van der Waals surface area contributed by atoms with Gasteiger partial charge >= 0.3 is 0 Å². The van der Waals surface area contributed by atoms with Gasteiger partial charge in [-0.15, -0.1) is 11.3 Å². The topological polar surface area (TPSA) is 20.3 Å². The van der Waals surface area contributed by atoms with Crippen LogP contribution < -0.4 is 4.90 Å². The van der Waals surface area contributed by atoms with E-state index in [1.54, 1.807) is 29.5 Å². The first-order chi connectivity index (χ1) is 10.1. The minimum Gasteiger partial charge on any atom is -0.268 e. The Morgan fingerprint density at radius 1 is 1.24 bits per heavy atom. The maximum Gasteiger partial charge on any atom is 0.270 e. The van der Waals surface area contributed by atoms with E-state index in [1.807, 2.05) is 23.6 Å². The molecule has 0 radical (unpaired) electrons. The molecule has 0 saturated carbocycles. The van der Waals surface area contributed by atoms with Crippen LogP contribution in [0, 0.1) is 0 Å². The zero-order chi connectivity index (χ0) is 15.0. The molecule has 1 amide bonds. The molecule has 1 aliphatic heterocycles. The molecule has 106 valence electrons. The molecule has 2 heterocycles. The van der Waals surface area contributed by atoms with Gasteiger partial charge in [-0.05, 0) is 35.7 Å². The highest BCUT2D eigenvalue weighted by Gasteiger charge is 2.34. The van der Waals surface area contributed by atoms with Gasteiger partial charge in [0.2, 0.25) is 0 Å². The molecule has 0 spiro atoms. The quantitative estimate of drug-likeness (QED) is 0.516. The molecule has 21 heavy (non-hydrogen) atoms. The number of nitrogens with zero attached hydrogens (tertiary/aromatic N) is 1. The summed E-state index contributed by atoms with van der Waals surface area (Å²) in [6.45, 7) is 0. The first-order valence-electron chi connectivity index (χ1n) is 5.83. The summed E-state index contributed by atoms with van der Waals surface area (Å²) in [6, 6.07) is 8.87. The molecular formula is C14H7Cl2NOS3. The van der Waals surface area contributed by atoms with Gasteiger partial charge in [0.15, 0.2) is 4.32 Å². The summed E-state index contributed by atoms with van der Waals surface area (Å²) >= 11 is 20.2. The Hall–Kier alpha value is -0.850. The Balaban J connectivity index is 1.98. The fourth-order valence-electron chi connectivity index (χ4n) is 1.84. The van der Waals surface area contributed by atoms with Gasteiger partial charge in [-0.1, -0.05) is 53.2 Å². The largest absolute Gasteiger partial charge is 0.270 e. The average Bonchev–Trinajstić information content (AvgIpc) is 3.02. The SMILES string of the molecule is O=C1/C(=C\c2cccs2)SC(=S)N1c1ccc(Cl)cc1Cl. The minimum absolute atomic E-state index is 0.164. The van der Waals surface area contributed by atoms with Gasteiger partial charge in [-0.2, -0.15) is 0 Å². The molecule has 1 aromatic carbocycles. The standard InChI is InChI=1S/C14H7Cl2NOS3/c15-8-3-4-11(10(16)6-8)17-13(18)12(21-14(17)19)7-9-2-1-5-20-9/h1-7H/b12-7+. The Morgan fingerprint density at radius 3 is 2.71 bits per heavy atom. The first-order valence-corrected chi connectivity index (χ1v) is 8.69. The van der Waals surface area contributed by atoms with Crippen LogP contribution in [0.4, 0.5) is 5.69 Å². The number of hydrogen-bond donors (Lipinski definition) is 0. The molecule has 1 fully saturated rings. The van der Waals surface area contributed by atoms with E-state index in [0.29, 0.717) is 25.0 Å². The van der Waals surface area contributed by atoms with Crippen molar-refractivity contribution in [3.63, 3.8) is 0 Å². The fourth-order valence-corrected chi connectivity index (χ4v) is 4.34. The molecule has 1 saturated heterocycles. The van der Waals surface area contributed by atoms with Crippen LogP contribution in [-0.4, -0.2) is 10.2 Å². The van der Waals surface area contributed by atoms with Gasteiger partial charge in [0.1, 0.15) is 0 Å². The third-order valence-electron chi connectivity index (χ3n) is 2.76. The second kappa shape index (κ2) is 6.10. The van der Waals surface area contributed by atoms with Crippen molar-refractivity contribution >= 4 is 80.5 Å². The minimum atomic E-state index is -0.164. The monoisotopic (exact) mass is 371 g/mol. The van der Waals surface area contributed by atoms with Crippen LogP contribution in [0.5, 0.6) is 0 Å². The summed E-state index contributed by atoms with van der Waals surface area (Å²) in [4.78, 5) is 15.6. The lowest BCUT2D eigenvalue weighted by atomic mass is 10.3. The number of thioether (sulfide) groups is 1. The van der Waals surface area contributed by atoms with Gasteiger partial charge in [-0.25, -0.2) is 0 Å². The number of rotatable bonds is 2. The Kier molecular flexibility index (Phi) is 4.38. The molecule has 0 unspecified atom stereocenters. The summed E-state index contributed by atoms with van der Waals surface area (Å²) in [5.41, 5.74) is 0.554. The molecule has 0 N–H and O–H groups in total. The van der Waals surface area contributed by atoms with E-state index in [0.717, 1.165) is 4.88 Å². The van der Waals surface area contributed by atoms with Crippen LogP contribution in [0.15, 0.2) is 40.6 Å². The van der Waals surface area contributed by atoms with E-state index in [9.17, 15) is 4.79 Å². The average molecular weight is 372 g/mol. The third kappa shape index (κ3) is 3.03. The van der Waals surface area contributed by atoms with E-state index < -0.39 is 0 Å². The Morgan fingerprint density at radius 2 is 2.05 bits per heavy atom. The number of carbonyl (C=O) groups excluding carboxylic acids is 1. The van der Waals surface area contributed by atoms with Crippen LogP contribution in [0.25, 0.3) is 6.08 Å². The van der Waals surface area contributed by atoms with Crippen molar-refractivity contribution < 1.29 is 4.79 Å². The third-order valence-corrected chi connectivity index (χ3v) is 5.42. The molecule has 3 rings (SSSR count). The second-order valence-corrected chi connectivity index (χ2v) is 7.63. The zero-order valence-corrected chi connectivity index (χ0v) is 14.3. The summed E-state index contributed by atoms with van der Waals surface area (Å²) in [5, 5.41) is 2.88. The highest BCUT2D eigenvalue weighted by atomic mass is 35.5. The van der Waals surface area contributed by atoms with Crippen LogP contribution in [0.3, 0.4) is 0 Å². The van der Waals surface area contributed by atoms with Crippen LogP contribution in [0.2, 0.25) is 10.0 Å². The molecule has 2 aromatic rings. The highest BCUT2D eigenvalue weighted by molar-refractivity contribution is 8.27. The highest BCUT2D eigenvalue weighted by Crippen LogP contribution is 2.39. The van der Waals surface area contributed by atoms with Gasteiger partial charge in [0.25, 0.3) is 5.91 Å². The van der Waals surface area contributed by atoms with E-state index in [-0.39, 0.29) is 5.91 Å². The Bertz CT molecular complexity index is 756. The zero-order valence-electron chi connectivity index (χ0n) is 10.4. The predicted molar refractivity (Wildman–Crippen MR) is 96.4 cm³/mol. The van der Waals surface area contributed by atoms with Crippen molar-refractivity contribution in [1.82, 2.24) is 0 Å². The summed E-state index contributed by atoms with van der Waals surface area (Å²) in [7, 11) is 0. The lowest BCUT2D eigenvalue weighted by Crippen LogP contribution is -2.27. The number of thiocarbonyl (C=S) groups is 1. The van der Waals surface area contributed by atoms with Crippen molar-refractivity contribution in [3.8, 4) is 0 Å². The number of hydrogen-bond acceptors (Lipinski definition) is 4. The van der Waals surface area contributed by atoms with Gasteiger partial charge in [0.05, 0.1) is 15.6 Å². The Labute approximate surface area is 145 Å². The number of carbonyl (C=O) groups is 1. The molecule has 2 nitrogen and oxygen atoms in total. The lowest BCUT2D eigenvalue weighted by molar-refractivity contribution is -0.113. The van der Waals surface area contributed by atoms with Crippen LogP contribution in [-0.2, 0) is 4.79 Å². The number of halogens is 2. The predicted octanol–water partition coefficient (Wildman–Crippen LogP) is 5.46. The number of amides is 1. The maximum absolute atomic E-state index is 12.5. The number of thiophene rings is 1. The van der Waals surface area contributed by atoms with Gasteiger partial charge in [-0.3, -0.25) is 9.69 Å². The van der Waals surface area contributed by atoms with E-state index in [1.165, 1.54) is 16.7 Å².